The number of hydrogen-bond acceptors (Lipinski definition) is 6. The van der Waals surface area contributed by atoms with E-state index in [1.807, 2.05) is 17.5 Å². The number of hydrogen-bond donors (Lipinski definition) is 2. The smallest absolute Gasteiger partial charge is 0.399 e. The van der Waals surface area contributed by atoms with Crippen LogP contribution in [0.4, 0.5) is 24.7 Å². The van der Waals surface area contributed by atoms with Gasteiger partial charge in [-0.05, 0) is 49.4 Å². The number of anilines is 2. The van der Waals surface area contributed by atoms with E-state index < -0.39 is 17.8 Å². The Kier molecular flexibility index (Phi) is 5.65. The summed E-state index contributed by atoms with van der Waals surface area (Å²) in [5, 5.41) is 3.34. The molecule has 176 valence electrons. The van der Waals surface area contributed by atoms with Crippen molar-refractivity contribution in [1.82, 2.24) is 19.3 Å². The summed E-state index contributed by atoms with van der Waals surface area (Å²) in [6.07, 6.45) is 1.28. The number of alkyl halides is 3. The van der Waals surface area contributed by atoms with E-state index in [-0.39, 0.29) is 5.69 Å². The van der Waals surface area contributed by atoms with Crippen molar-refractivity contribution in [2.45, 2.75) is 45.1 Å². The predicted molar refractivity (Wildman–Crippen MR) is 119 cm³/mol. The van der Waals surface area contributed by atoms with E-state index >= 15 is 0 Å². The Morgan fingerprint density at radius 2 is 2.00 bits per heavy atom. The number of nitrogen functional groups attached to an aromatic ring is 1. The summed E-state index contributed by atoms with van der Waals surface area (Å²) < 4.78 is 47.3. The third kappa shape index (κ3) is 4.49. The number of rotatable bonds is 5. The van der Waals surface area contributed by atoms with Gasteiger partial charge in [0, 0.05) is 62.2 Å². The number of halogens is 3. The first kappa shape index (κ1) is 22.0. The summed E-state index contributed by atoms with van der Waals surface area (Å²) in [6.45, 7) is 5.92. The van der Waals surface area contributed by atoms with Crippen LogP contribution in [0.5, 0.6) is 0 Å². The van der Waals surface area contributed by atoms with Crippen molar-refractivity contribution in [3.05, 3.63) is 53.0 Å². The fraction of sp³-hybridized carbons (Fsp3) is 0.478. The number of fused-ring (bicyclic) bond motifs is 3. The molecule has 0 amide bonds. The van der Waals surface area contributed by atoms with E-state index in [1.165, 1.54) is 0 Å². The molecule has 7 nitrogen and oxygen atoms in total. The highest BCUT2D eigenvalue weighted by molar-refractivity contribution is 5.56. The first-order chi connectivity index (χ1) is 15.8. The Hall–Kier alpha value is -2.85. The normalized spacial score (nSPS) is 18.5. The molecule has 0 radical (unpaired) electrons. The van der Waals surface area contributed by atoms with Gasteiger partial charge in [0.05, 0.1) is 11.6 Å². The number of benzene rings is 1. The van der Waals surface area contributed by atoms with Crippen LogP contribution >= 0.6 is 0 Å². The number of aromatic nitrogens is 3. The monoisotopic (exact) mass is 460 g/mol. The van der Waals surface area contributed by atoms with E-state index in [0.29, 0.717) is 23.1 Å². The van der Waals surface area contributed by atoms with Gasteiger partial charge < -0.3 is 15.8 Å². The maximum absolute atomic E-state index is 13.3. The molecule has 1 aromatic carbocycles. The van der Waals surface area contributed by atoms with Gasteiger partial charge in [-0.15, -0.1) is 0 Å². The summed E-state index contributed by atoms with van der Waals surface area (Å²) >= 11 is 0. The molecule has 0 aliphatic carbocycles. The first-order valence-corrected chi connectivity index (χ1v) is 11.2. The summed E-state index contributed by atoms with van der Waals surface area (Å²) in [5.41, 5.74) is 7.73. The van der Waals surface area contributed by atoms with Crippen LogP contribution in [0.25, 0.3) is 5.78 Å². The van der Waals surface area contributed by atoms with Crippen LogP contribution in [0.3, 0.4) is 0 Å². The quantitative estimate of drug-likeness (QED) is 0.555. The van der Waals surface area contributed by atoms with Gasteiger partial charge in [-0.25, -0.2) is 4.98 Å². The molecule has 0 spiro atoms. The minimum absolute atomic E-state index is 0.0815. The van der Waals surface area contributed by atoms with Crippen LogP contribution in [-0.2, 0) is 24.0 Å². The van der Waals surface area contributed by atoms with Gasteiger partial charge >= 0.3 is 6.18 Å². The lowest BCUT2D eigenvalue weighted by atomic mass is 10.00. The number of nitrogens with zero attached hydrogens (tertiary/aromatic N) is 4. The molecule has 3 N–H and O–H groups in total. The highest BCUT2D eigenvalue weighted by Gasteiger charge is 2.32. The topological polar surface area (TPSA) is 80.7 Å². The minimum atomic E-state index is -4.46. The third-order valence-corrected chi connectivity index (χ3v) is 6.53. The molecular formula is C23H27F3N6O. The largest absolute Gasteiger partial charge is 0.416 e. The van der Waals surface area contributed by atoms with Gasteiger partial charge in [0.15, 0.2) is 0 Å². The standard InChI is InChI=1S/C23H27F3N6O/c1-14(16-8-17(23(24,25)26)10-18(27)9-16)29-21-19-12-31(11-15-2-6-33-7-3-15)13-20(19)32-5-4-28-22(32)30-21/h4-5,8-10,14-15H,2-3,6-7,11-13,27H2,1H3,(H,28,29,30)/t14-/m1/s1. The number of nitrogens with two attached hydrogens (primary N) is 1. The molecule has 0 unspecified atom stereocenters. The molecule has 3 aromatic rings. The Morgan fingerprint density at radius 3 is 2.76 bits per heavy atom. The van der Waals surface area contributed by atoms with Crippen LogP contribution in [0.1, 0.15) is 48.2 Å². The second-order valence-corrected chi connectivity index (χ2v) is 8.96. The van der Waals surface area contributed by atoms with Crippen molar-refractivity contribution < 1.29 is 17.9 Å². The van der Waals surface area contributed by atoms with Gasteiger partial charge in [-0.3, -0.25) is 9.30 Å². The Labute approximate surface area is 189 Å². The molecule has 1 atom stereocenters. The highest BCUT2D eigenvalue weighted by Crippen LogP contribution is 2.35. The third-order valence-electron chi connectivity index (χ3n) is 6.53. The predicted octanol–water partition coefficient (Wildman–Crippen LogP) is 4.25. The Morgan fingerprint density at radius 1 is 1.21 bits per heavy atom. The number of imidazole rings is 1. The zero-order valence-corrected chi connectivity index (χ0v) is 18.4. The lowest BCUT2D eigenvalue weighted by molar-refractivity contribution is -0.137. The van der Waals surface area contributed by atoms with Crippen molar-refractivity contribution in [1.29, 1.82) is 0 Å². The van der Waals surface area contributed by atoms with Crippen LogP contribution in [0.15, 0.2) is 30.6 Å². The van der Waals surface area contributed by atoms with Crippen LogP contribution in [0.2, 0.25) is 0 Å². The van der Waals surface area contributed by atoms with Gasteiger partial charge in [0.1, 0.15) is 5.82 Å². The number of nitrogens with one attached hydrogen (secondary N) is 1. The van der Waals surface area contributed by atoms with Gasteiger partial charge in [0.25, 0.3) is 0 Å². The van der Waals surface area contributed by atoms with E-state index in [0.717, 1.165) is 69.1 Å². The maximum Gasteiger partial charge on any atom is 0.416 e. The Bertz CT molecular complexity index is 1160. The van der Waals surface area contributed by atoms with Crippen molar-refractivity contribution in [2.75, 3.05) is 30.8 Å². The van der Waals surface area contributed by atoms with Gasteiger partial charge in [-0.1, -0.05) is 0 Å². The molecule has 0 bridgehead atoms. The molecule has 0 saturated carbocycles. The van der Waals surface area contributed by atoms with Crippen molar-refractivity contribution in [2.24, 2.45) is 5.92 Å². The van der Waals surface area contributed by atoms with Crippen molar-refractivity contribution in [3.8, 4) is 0 Å². The molecule has 1 fully saturated rings. The average Bonchev–Trinajstić information content (AvgIpc) is 3.40. The van der Waals surface area contributed by atoms with Crippen LogP contribution in [0, 0.1) is 5.92 Å². The molecule has 33 heavy (non-hydrogen) atoms. The van der Waals surface area contributed by atoms with E-state index in [9.17, 15) is 13.2 Å². The summed E-state index contributed by atoms with van der Waals surface area (Å²) in [4.78, 5) is 11.4. The second kappa shape index (κ2) is 8.49. The molecule has 10 heteroatoms. The van der Waals surface area contributed by atoms with E-state index in [2.05, 4.69) is 20.2 Å². The molecule has 2 aliphatic heterocycles. The van der Waals surface area contributed by atoms with Crippen LogP contribution < -0.4 is 11.1 Å². The lowest BCUT2D eigenvalue weighted by Crippen LogP contribution is -2.29. The summed E-state index contributed by atoms with van der Waals surface area (Å²) in [7, 11) is 0. The van der Waals surface area contributed by atoms with E-state index in [1.54, 1.807) is 12.3 Å². The van der Waals surface area contributed by atoms with Crippen molar-refractivity contribution in [3.63, 3.8) is 0 Å². The summed E-state index contributed by atoms with van der Waals surface area (Å²) in [6, 6.07) is 3.24. The van der Waals surface area contributed by atoms with E-state index in [4.69, 9.17) is 10.5 Å². The molecular weight excluding hydrogens is 433 g/mol. The first-order valence-electron chi connectivity index (χ1n) is 11.2. The molecule has 4 heterocycles. The average molecular weight is 461 g/mol. The fourth-order valence-corrected chi connectivity index (χ4v) is 4.79. The SMILES string of the molecule is C[C@@H](Nc1nc2nccn2c2c1CN(CC1CCOCC1)C2)c1cc(N)cc(C(F)(F)F)c1. The number of ether oxygens (including phenoxy) is 1. The minimum Gasteiger partial charge on any atom is -0.399 e. The lowest BCUT2D eigenvalue weighted by Gasteiger charge is -2.26. The molecule has 5 rings (SSSR count). The molecule has 1 saturated heterocycles. The zero-order chi connectivity index (χ0) is 23.2. The van der Waals surface area contributed by atoms with Crippen LogP contribution in [-0.4, -0.2) is 39.0 Å². The van der Waals surface area contributed by atoms with Gasteiger partial charge in [-0.2, -0.15) is 18.2 Å². The second-order valence-electron chi connectivity index (χ2n) is 8.96. The molecule has 2 aromatic heterocycles. The summed E-state index contributed by atoms with van der Waals surface area (Å²) in [5.74, 6) is 1.82. The van der Waals surface area contributed by atoms with Crippen molar-refractivity contribution >= 4 is 17.3 Å². The molecule has 2 aliphatic rings. The Balaban J connectivity index is 1.42. The zero-order valence-electron chi connectivity index (χ0n) is 18.4. The maximum atomic E-state index is 13.3. The fourth-order valence-electron chi connectivity index (χ4n) is 4.79. The van der Waals surface area contributed by atoms with Gasteiger partial charge in [0.2, 0.25) is 5.78 Å². The highest BCUT2D eigenvalue weighted by atomic mass is 19.4.